The van der Waals surface area contributed by atoms with E-state index in [1.165, 1.54) is 0 Å². The van der Waals surface area contributed by atoms with Gasteiger partial charge in [0.05, 0.1) is 14.2 Å². The van der Waals surface area contributed by atoms with Crippen molar-refractivity contribution < 1.29 is 31.3 Å². The summed E-state index contributed by atoms with van der Waals surface area (Å²) >= 11 is 0. The Bertz CT molecular complexity index is 529. The molecule has 21 heavy (non-hydrogen) atoms. The minimum atomic E-state index is -3.09. The van der Waals surface area contributed by atoms with Crippen molar-refractivity contribution in [3.63, 3.8) is 0 Å². The van der Waals surface area contributed by atoms with Crippen LogP contribution in [-0.2, 0) is 0 Å². The van der Waals surface area contributed by atoms with Gasteiger partial charge in [0.25, 0.3) is 0 Å². The number of para-hydroxylation sites is 2. The number of rotatable bonds is 4. The maximum atomic E-state index is 13.2. The normalized spacial score (nSPS) is 10.1. The fourth-order valence-electron chi connectivity index (χ4n) is 2.22. The van der Waals surface area contributed by atoms with Gasteiger partial charge in [0.2, 0.25) is 0 Å². The Balaban J connectivity index is 0.00000200. The van der Waals surface area contributed by atoms with Gasteiger partial charge in [-0.05, 0) is 22.5 Å². The van der Waals surface area contributed by atoms with Crippen LogP contribution in [0.25, 0.3) is 0 Å². The second kappa shape index (κ2) is 8.80. The molecular weight excluding hydrogens is 360 g/mol. The molecule has 0 heterocycles. The van der Waals surface area contributed by atoms with Crippen LogP contribution in [0.2, 0.25) is 6.55 Å². The third kappa shape index (κ3) is 4.23. The molecule has 0 aromatic heterocycles. The van der Waals surface area contributed by atoms with E-state index in [9.17, 15) is 4.80 Å². The minimum absolute atomic E-state index is 0. The van der Waals surface area contributed by atoms with Crippen molar-refractivity contribution in [3.05, 3.63) is 48.5 Å². The zero-order chi connectivity index (χ0) is 13.9. The predicted molar refractivity (Wildman–Crippen MR) is 82.6 cm³/mol. The standard InChI is InChI=1S/C15H17O3Si.BrH.Mg/c1-17-12-8-4-6-10-14(12)19(3,16)15-11-7-5-9-13(15)18-2;;/h4-11H,1-3H3;1H;/q-1;;+2/p-1. The molecule has 0 aliphatic carbocycles. The second-order valence-corrected chi connectivity index (χ2v) is 7.58. The number of hydrogen-bond acceptors (Lipinski definition) is 3. The Hall–Kier alpha value is -0.537. The molecule has 0 saturated heterocycles. The van der Waals surface area contributed by atoms with E-state index in [0.717, 1.165) is 10.4 Å². The van der Waals surface area contributed by atoms with E-state index in [-0.39, 0.29) is 40.0 Å². The van der Waals surface area contributed by atoms with Crippen molar-refractivity contribution in [2.24, 2.45) is 0 Å². The molecule has 2 aromatic carbocycles. The van der Waals surface area contributed by atoms with Crippen LogP contribution in [0.5, 0.6) is 11.5 Å². The third-order valence-corrected chi connectivity index (χ3v) is 6.12. The number of hydrogen-bond donors (Lipinski definition) is 0. The average Bonchev–Trinajstić information content (AvgIpc) is 2.47. The summed E-state index contributed by atoms with van der Waals surface area (Å²) in [5.41, 5.74) is 0. The number of methoxy groups -OCH3 is 2. The fraction of sp³-hybridized carbons (Fsp3) is 0.200. The van der Waals surface area contributed by atoms with Gasteiger partial charge in [-0.2, -0.15) is 0 Å². The van der Waals surface area contributed by atoms with E-state index in [1.807, 2.05) is 48.5 Å². The SMILES string of the molecule is COc1ccccc1[Si](C)([O-])c1ccccc1OC.[Br-].[Mg+2]. The largest absolute Gasteiger partial charge is 2.00 e. The first kappa shape index (κ1) is 20.5. The van der Waals surface area contributed by atoms with Gasteiger partial charge in [-0.3, -0.25) is 0 Å². The predicted octanol–water partition coefficient (Wildman–Crippen LogP) is -2.62. The first-order chi connectivity index (χ1) is 9.11. The van der Waals surface area contributed by atoms with Crippen LogP contribution >= 0.6 is 0 Å². The summed E-state index contributed by atoms with van der Waals surface area (Å²) in [6, 6.07) is 14.8. The molecule has 6 heteroatoms. The summed E-state index contributed by atoms with van der Waals surface area (Å²) in [5.74, 6) is 1.30. The smallest absolute Gasteiger partial charge is 1.00 e. The van der Waals surface area contributed by atoms with Crippen molar-refractivity contribution in [1.82, 2.24) is 0 Å². The van der Waals surface area contributed by atoms with Gasteiger partial charge < -0.3 is 31.3 Å². The van der Waals surface area contributed by atoms with Gasteiger partial charge >= 0.3 is 23.1 Å². The number of halogens is 1. The summed E-state index contributed by atoms with van der Waals surface area (Å²) in [7, 11) is 0.0911. The molecule has 0 N–H and O–H groups in total. The molecule has 2 rings (SSSR count). The summed E-state index contributed by atoms with van der Waals surface area (Å²) in [6.45, 7) is 1.77. The van der Waals surface area contributed by atoms with Crippen LogP contribution in [0, 0.1) is 0 Å². The molecule has 0 radical (unpaired) electrons. The average molecular weight is 378 g/mol. The van der Waals surface area contributed by atoms with Gasteiger partial charge in [-0.1, -0.05) is 42.9 Å². The van der Waals surface area contributed by atoms with Crippen molar-refractivity contribution >= 4 is 41.7 Å². The van der Waals surface area contributed by atoms with E-state index < -0.39 is 8.32 Å². The summed E-state index contributed by atoms with van der Waals surface area (Å²) in [6.07, 6.45) is 0. The molecular formula is C15H17BrMgO3Si. The van der Waals surface area contributed by atoms with Crippen LogP contribution < -0.4 is 41.6 Å². The Kier molecular flexibility index (Phi) is 8.57. The molecule has 3 nitrogen and oxygen atoms in total. The van der Waals surface area contributed by atoms with Crippen molar-refractivity contribution in [3.8, 4) is 11.5 Å². The topological polar surface area (TPSA) is 41.5 Å². The molecule has 0 bridgehead atoms. The first-order valence-electron chi connectivity index (χ1n) is 6.08. The fourth-order valence-corrected chi connectivity index (χ4v) is 4.65. The van der Waals surface area contributed by atoms with Crippen LogP contribution in [-0.4, -0.2) is 45.6 Å². The quantitative estimate of drug-likeness (QED) is 0.548. The molecule has 0 unspecified atom stereocenters. The molecule has 0 amide bonds. The van der Waals surface area contributed by atoms with Gasteiger partial charge in [0.15, 0.2) is 0 Å². The molecule has 0 aliphatic rings. The molecule has 0 saturated carbocycles. The maximum Gasteiger partial charge on any atom is 2.00 e. The number of ether oxygens (including phenoxy) is 2. The minimum Gasteiger partial charge on any atom is -1.00 e. The van der Waals surface area contributed by atoms with E-state index in [2.05, 4.69) is 0 Å². The van der Waals surface area contributed by atoms with Crippen molar-refractivity contribution in [1.29, 1.82) is 0 Å². The summed E-state index contributed by atoms with van der Waals surface area (Å²) < 4.78 is 10.6. The van der Waals surface area contributed by atoms with Gasteiger partial charge in [-0.25, -0.2) is 0 Å². The zero-order valence-electron chi connectivity index (χ0n) is 12.4. The van der Waals surface area contributed by atoms with E-state index in [1.54, 1.807) is 20.8 Å². The second-order valence-electron chi connectivity index (χ2n) is 4.43. The number of benzene rings is 2. The van der Waals surface area contributed by atoms with Crippen LogP contribution in [0.15, 0.2) is 48.5 Å². The first-order valence-corrected chi connectivity index (χ1v) is 8.49. The van der Waals surface area contributed by atoms with E-state index >= 15 is 0 Å². The van der Waals surface area contributed by atoms with Crippen molar-refractivity contribution in [2.75, 3.05) is 14.2 Å². The Morgan fingerprint density at radius 2 is 1.14 bits per heavy atom. The van der Waals surface area contributed by atoms with Gasteiger partial charge in [0.1, 0.15) is 11.5 Å². The summed E-state index contributed by atoms with van der Waals surface area (Å²) in [4.78, 5) is 13.2. The Morgan fingerprint density at radius 1 is 0.810 bits per heavy atom. The van der Waals surface area contributed by atoms with Crippen molar-refractivity contribution in [2.45, 2.75) is 6.55 Å². The Labute approximate surface area is 153 Å². The molecule has 108 valence electrons. The molecule has 0 spiro atoms. The zero-order valence-corrected chi connectivity index (χ0v) is 16.4. The van der Waals surface area contributed by atoms with E-state index in [0.29, 0.717) is 11.5 Å². The monoisotopic (exact) mass is 376 g/mol. The molecule has 0 aliphatic heterocycles. The third-order valence-electron chi connectivity index (χ3n) is 3.24. The molecule has 2 aromatic rings. The Morgan fingerprint density at radius 3 is 1.48 bits per heavy atom. The van der Waals surface area contributed by atoms with Gasteiger partial charge in [0, 0.05) is 8.32 Å². The van der Waals surface area contributed by atoms with E-state index in [4.69, 9.17) is 9.47 Å². The molecule has 0 fully saturated rings. The molecule has 0 atom stereocenters. The van der Waals surface area contributed by atoms with Crippen LogP contribution in [0.4, 0.5) is 0 Å². The van der Waals surface area contributed by atoms with Crippen LogP contribution in [0.1, 0.15) is 0 Å². The summed E-state index contributed by atoms with van der Waals surface area (Å²) in [5, 5.41) is 1.48. The maximum absolute atomic E-state index is 13.2. The van der Waals surface area contributed by atoms with Crippen LogP contribution in [0.3, 0.4) is 0 Å². The van der Waals surface area contributed by atoms with Gasteiger partial charge in [-0.15, -0.1) is 0 Å².